The molecule has 0 unspecified atom stereocenters. The topological polar surface area (TPSA) is 26.9 Å². The van der Waals surface area contributed by atoms with Crippen LogP contribution in [0.15, 0.2) is 4.79 Å². The third kappa shape index (κ3) is 2.28. The number of aromatic nitrogens is 2. The monoisotopic (exact) mass is 218 g/mol. The predicted molar refractivity (Wildman–Crippen MR) is 58.0 cm³/mol. The van der Waals surface area contributed by atoms with Gasteiger partial charge < -0.3 is 0 Å². The zero-order valence-electron chi connectivity index (χ0n) is 7.95. The van der Waals surface area contributed by atoms with Gasteiger partial charge in [-0.25, -0.2) is 0 Å². The van der Waals surface area contributed by atoms with Crippen molar-refractivity contribution in [3.63, 3.8) is 0 Å². The van der Waals surface area contributed by atoms with Crippen molar-refractivity contribution in [1.29, 1.82) is 0 Å². The lowest BCUT2D eigenvalue weighted by Gasteiger charge is -1.97. The van der Waals surface area contributed by atoms with Gasteiger partial charge in [-0.3, -0.25) is 13.3 Å². The van der Waals surface area contributed by atoms with Crippen LogP contribution in [-0.4, -0.2) is 8.52 Å². The summed E-state index contributed by atoms with van der Waals surface area (Å²) in [6.07, 6.45) is 1.97. The van der Waals surface area contributed by atoms with E-state index in [0.29, 0.717) is 4.77 Å². The summed E-state index contributed by atoms with van der Waals surface area (Å²) >= 11 is 6.41. The Morgan fingerprint density at radius 2 is 1.92 bits per heavy atom. The first-order chi connectivity index (χ1) is 6.20. The lowest BCUT2D eigenvalue weighted by molar-refractivity contribution is 0.616. The second-order valence-electron chi connectivity index (χ2n) is 2.89. The van der Waals surface area contributed by atoms with Crippen LogP contribution in [0.4, 0.5) is 0 Å². The number of nitrogens with zero attached hydrogens (tertiary/aromatic N) is 2. The first-order valence-electron chi connectivity index (χ1n) is 4.51. The van der Waals surface area contributed by atoms with Crippen LogP contribution in [0.5, 0.6) is 0 Å². The van der Waals surface area contributed by atoms with E-state index in [1.165, 1.54) is 11.5 Å². The number of rotatable bonds is 4. The minimum Gasteiger partial charge on any atom is -0.275 e. The maximum atomic E-state index is 11.4. The molecule has 0 aliphatic rings. The molecular weight excluding hydrogens is 204 g/mol. The highest BCUT2D eigenvalue weighted by Crippen LogP contribution is 2.00. The molecule has 5 heteroatoms. The quantitative estimate of drug-likeness (QED) is 0.725. The molecule has 1 aromatic rings. The molecule has 0 saturated heterocycles. The summed E-state index contributed by atoms with van der Waals surface area (Å²) in [6, 6.07) is 0. The van der Waals surface area contributed by atoms with E-state index in [4.69, 9.17) is 12.2 Å². The van der Waals surface area contributed by atoms with Gasteiger partial charge in [0.25, 0.3) is 0 Å². The summed E-state index contributed by atoms with van der Waals surface area (Å²) in [5.41, 5.74) is 0. The molecule has 1 heterocycles. The Morgan fingerprint density at radius 1 is 1.31 bits per heavy atom. The SMILES string of the molecule is CCCn1sc(=O)n(CCC)c1=S. The van der Waals surface area contributed by atoms with Crippen LogP contribution in [0.2, 0.25) is 0 Å². The van der Waals surface area contributed by atoms with Crippen molar-refractivity contribution < 1.29 is 0 Å². The molecule has 0 radical (unpaired) electrons. The molecule has 0 fully saturated rings. The van der Waals surface area contributed by atoms with Gasteiger partial charge >= 0.3 is 4.87 Å². The Labute approximate surface area is 86.8 Å². The molecule has 0 saturated carbocycles. The van der Waals surface area contributed by atoms with Crippen LogP contribution in [0.1, 0.15) is 26.7 Å². The highest BCUT2D eigenvalue weighted by Gasteiger charge is 2.04. The van der Waals surface area contributed by atoms with Gasteiger partial charge in [0.15, 0.2) is 4.77 Å². The largest absolute Gasteiger partial charge is 0.325 e. The Bertz CT molecular complexity index is 374. The molecule has 0 amide bonds. The molecule has 1 aromatic heterocycles. The van der Waals surface area contributed by atoms with E-state index in [1.807, 2.05) is 10.9 Å². The zero-order chi connectivity index (χ0) is 9.84. The lowest BCUT2D eigenvalue weighted by atomic mass is 10.5. The molecule has 0 atom stereocenters. The molecule has 3 nitrogen and oxygen atoms in total. The van der Waals surface area contributed by atoms with Crippen molar-refractivity contribution in [2.45, 2.75) is 39.8 Å². The third-order valence-corrected chi connectivity index (χ3v) is 3.24. The van der Waals surface area contributed by atoms with Gasteiger partial charge in [0.1, 0.15) is 0 Å². The predicted octanol–water partition coefficient (Wildman–Crippen LogP) is 2.26. The first kappa shape index (κ1) is 10.7. The molecule has 0 spiro atoms. The van der Waals surface area contributed by atoms with Gasteiger partial charge in [-0.2, -0.15) is 0 Å². The van der Waals surface area contributed by atoms with Gasteiger partial charge in [0.05, 0.1) is 0 Å². The average Bonchev–Trinajstić information content (AvgIpc) is 2.34. The van der Waals surface area contributed by atoms with Crippen LogP contribution in [0.25, 0.3) is 0 Å². The molecular formula is C8H14N2OS2. The molecule has 0 aliphatic carbocycles. The average molecular weight is 218 g/mol. The molecule has 0 aromatic carbocycles. The molecule has 74 valence electrons. The number of hydrogen-bond donors (Lipinski definition) is 0. The van der Waals surface area contributed by atoms with Crippen LogP contribution in [0.3, 0.4) is 0 Å². The second-order valence-corrected chi connectivity index (χ2v) is 4.23. The summed E-state index contributed by atoms with van der Waals surface area (Å²) in [7, 11) is 0. The molecule has 0 aliphatic heterocycles. The first-order valence-corrected chi connectivity index (χ1v) is 5.69. The van der Waals surface area contributed by atoms with Gasteiger partial charge in [-0.15, -0.1) is 0 Å². The van der Waals surface area contributed by atoms with E-state index in [0.717, 1.165) is 25.9 Å². The van der Waals surface area contributed by atoms with Crippen LogP contribution < -0.4 is 4.87 Å². The fraction of sp³-hybridized carbons (Fsp3) is 0.750. The minimum atomic E-state index is 0.0697. The summed E-state index contributed by atoms with van der Waals surface area (Å²) in [4.78, 5) is 11.5. The Kier molecular flexibility index (Phi) is 3.87. The maximum Gasteiger partial charge on any atom is 0.325 e. The standard InChI is InChI=1S/C8H14N2OS2/c1-3-5-9-7(12)10(6-4-2)13-8(9)11/h3-6H2,1-2H3. The van der Waals surface area contributed by atoms with Gasteiger partial charge in [0, 0.05) is 24.6 Å². The fourth-order valence-corrected chi connectivity index (χ4v) is 2.50. The van der Waals surface area contributed by atoms with Crippen molar-refractivity contribution >= 4 is 23.8 Å². The normalized spacial score (nSPS) is 10.6. The van der Waals surface area contributed by atoms with Crippen molar-refractivity contribution in [3.05, 3.63) is 14.4 Å². The second kappa shape index (κ2) is 4.72. The van der Waals surface area contributed by atoms with E-state index < -0.39 is 0 Å². The Balaban J connectivity index is 3.08. The van der Waals surface area contributed by atoms with Crippen molar-refractivity contribution in [2.24, 2.45) is 0 Å². The van der Waals surface area contributed by atoms with Gasteiger partial charge in [-0.1, -0.05) is 13.8 Å². The van der Waals surface area contributed by atoms with E-state index >= 15 is 0 Å². The number of hydrogen-bond acceptors (Lipinski definition) is 3. The highest BCUT2D eigenvalue weighted by molar-refractivity contribution is 7.71. The molecule has 0 bridgehead atoms. The van der Waals surface area contributed by atoms with Crippen molar-refractivity contribution in [2.75, 3.05) is 0 Å². The Morgan fingerprint density at radius 3 is 2.46 bits per heavy atom. The number of aryl methyl sites for hydroxylation is 1. The summed E-state index contributed by atoms with van der Waals surface area (Å²) in [5.74, 6) is 0. The van der Waals surface area contributed by atoms with Crippen LogP contribution >= 0.6 is 23.8 Å². The smallest absolute Gasteiger partial charge is 0.275 e. The zero-order valence-corrected chi connectivity index (χ0v) is 9.58. The summed E-state index contributed by atoms with van der Waals surface area (Å²) in [6.45, 7) is 5.72. The minimum absolute atomic E-state index is 0.0697. The van der Waals surface area contributed by atoms with Crippen LogP contribution in [-0.2, 0) is 13.1 Å². The van der Waals surface area contributed by atoms with Gasteiger partial charge in [-0.05, 0) is 25.1 Å². The summed E-state index contributed by atoms with van der Waals surface area (Å²) < 4.78 is 4.25. The van der Waals surface area contributed by atoms with E-state index in [1.54, 1.807) is 4.57 Å². The highest BCUT2D eigenvalue weighted by atomic mass is 32.1. The van der Waals surface area contributed by atoms with E-state index in [-0.39, 0.29) is 4.87 Å². The fourth-order valence-electron chi connectivity index (χ4n) is 1.15. The van der Waals surface area contributed by atoms with Crippen molar-refractivity contribution in [3.8, 4) is 0 Å². The molecule has 13 heavy (non-hydrogen) atoms. The molecule has 1 rings (SSSR count). The maximum absolute atomic E-state index is 11.4. The van der Waals surface area contributed by atoms with E-state index in [9.17, 15) is 4.79 Å². The van der Waals surface area contributed by atoms with E-state index in [2.05, 4.69) is 6.92 Å². The molecule has 0 N–H and O–H groups in total. The lowest BCUT2D eigenvalue weighted by Crippen LogP contribution is -2.12. The van der Waals surface area contributed by atoms with Gasteiger partial charge in [0.2, 0.25) is 0 Å². The summed E-state index contributed by atoms with van der Waals surface area (Å²) in [5, 5.41) is 0. The van der Waals surface area contributed by atoms with Crippen molar-refractivity contribution in [1.82, 2.24) is 8.52 Å². The Hall–Kier alpha value is -0.420. The van der Waals surface area contributed by atoms with Crippen LogP contribution in [0, 0.1) is 4.77 Å². The third-order valence-electron chi connectivity index (χ3n) is 1.73.